The second-order valence-electron chi connectivity index (χ2n) is 7.66. The molecule has 28 heavy (non-hydrogen) atoms. The number of amides is 2. The van der Waals surface area contributed by atoms with Crippen molar-refractivity contribution in [3.63, 3.8) is 0 Å². The van der Waals surface area contributed by atoms with Crippen molar-refractivity contribution in [3.8, 4) is 17.2 Å². The number of carbonyl (C=O) groups is 2. The molecule has 0 bridgehead atoms. The van der Waals surface area contributed by atoms with Crippen LogP contribution in [0.1, 0.15) is 39.5 Å². The van der Waals surface area contributed by atoms with Crippen LogP contribution in [-0.4, -0.2) is 67.1 Å². The minimum absolute atomic E-state index is 0.0227. The predicted octanol–water partition coefficient (Wildman–Crippen LogP) is 2.47. The minimum atomic E-state index is -0.305. The van der Waals surface area contributed by atoms with Gasteiger partial charge in [-0.05, 0) is 44.7 Å². The molecular weight excluding hydrogens is 360 g/mol. The van der Waals surface area contributed by atoms with Crippen molar-refractivity contribution in [3.05, 3.63) is 18.2 Å². The van der Waals surface area contributed by atoms with E-state index in [1.54, 1.807) is 39.3 Å². The number of carbonyl (C=O) groups excluding carboxylic acids is 2. The fourth-order valence-electron chi connectivity index (χ4n) is 4.74. The van der Waals surface area contributed by atoms with Gasteiger partial charge in [-0.25, -0.2) is 0 Å². The van der Waals surface area contributed by atoms with E-state index < -0.39 is 0 Å². The van der Waals surface area contributed by atoms with Crippen LogP contribution in [0.25, 0.3) is 0 Å². The number of ether oxygens (including phenoxy) is 3. The lowest BCUT2D eigenvalue weighted by Gasteiger charge is -2.56. The van der Waals surface area contributed by atoms with Crippen molar-refractivity contribution in [1.82, 2.24) is 9.80 Å². The summed E-state index contributed by atoms with van der Waals surface area (Å²) in [6, 6.07) is 5.37. The molecule has 0 aliphatic carbocycles. The first-order valence-corrected chi connectivity index (χ1v) is 9.84. The number of likely N-dealkylation sites (tertiary alicyclic amines) is 2. The fourth-order valence-corrected chi connectivity index (χ4v) is 4.74. The molecule has 2 heterocycles. The van der Waals surface area contributed by atoms with Gasteiger partial charge in [-0.1, -0.05) is 6.07 Å². The Morgan fingerprint density at radius 2 is 1.82 bits per heavy atom. The quantitative estimate of drug-likeness (QED) is 0.773. The second kappa shape index (κ2) is 8.29. The number of benzene rings is 1. The Hall–Kier alpha value is -2.44. The second-order valence-corrected chi connectivity index (χ2v) is 7.66. The Labute approximate surface area is 166 Å². The molecule has 0 N–H and O–H groups in total. The predicted molar refractivity (Wildman–Crippen MR) is 105 cm³/mol. The third kappa shape index (κ3) is 3.62. The number of rotatable bonds is 5. The molecule has 0 spiro atoms. The normalized spacial score (nSPS) is 24.4. The van der Waals surface area contributed by atoms with Crippen molar-refractivity contribution >= 4 is 11.8 Å². The van der Waals surface area contributed by atoms with Crippen LogP contribution < -0.4 is 14.2 Å². The lowest BCUT2D eigenvalue weighted by atomic mass is 9.76. The summed E-state index contributed by atoms with van der Waals surface area (Å²) in [5.74, 6) is 1.48. The first-order valence-electron chi connectivity index (χ1n) is 9.84. The summed E-state index contributed by atoms with van der Waals surface area (Å²) in [7, 11) is 3.11. The Morgan fingerprint density at radius 3 is 2.43 bits per heavy atom. The number of methoxy groups -OCH3 is 2. The maximum Gasteiger partial charge on any atom is 0.260 e. The minimum Gasteiger partial charge on any atom is -0.493 e. The van der Waals surface area contributed by atoms with Gasteiger partial charge in [-0.3, -0.25) is 9.59 Å². The summed E-state index contributed by atoms with van der Waals surface area (Å²) in [6.45, 7) is 5.09. The number of hydrogen-bond acceptors (Lipinski definition) is 5. The number of fused-ring (bicyclic) bond motifs is 1. The van der Waals surface area contributed by atoms with E-state index in [-0.39, 0.29) is 30.0 Å². The van der Waals surface area contributed by atoms with Gasteiger partial charge in [-0.15, -0.1) is 0 Å². The van der Waals surface area contributed by atoms with Crippen LogP contribution in [0.3, 0.4) is 0 Å². The molecule has 0 saturated carbocycles. The molecule has 0 aromatic heterocycles. The molecule has 3 rings (SSSR count). The van der Waals surface area contributed by atoms with Crippen molar-refractivity contribution in [1.29, 1.82) is 0 Å². The molecule has 7 heteroatoms. The van der Waals surface area contributed by atoms with E-state index >= 15 is 0 Å². The third-order valence-electron chi connectivity index (χ3n) is 6.07. The zero-order valence-electron chi connectivity index (χ0n) is 17.2. The average molecular weight is 390 g/mol. The first-order chi connectivity index (χ1) is 13.4. The van der Waals surface area contributed by atoms with Crippen LogP contribution in [0, 0.1) is 0 Å². The first kappa shape index (κ1) is 20.3. The van der Waals surface area contributed by atoms with Gasteiger partial charge >= 0.3 is 0 Å². The number of hydrogen-bond donors (Lipinski definition) is 0. The molecule has 154 valence electrons. The van der Waals surface area contributed by atoms with Crippen LogP contribution >= 0.6 is 0 Å². The van der Waals surface area contributed by atoms with E-state index in [1.165, 1.54) is 0 Å². The van der Waals surface area contributed by atoms with Crippen LogP contribution in [-0.2, 0) is 9.59 Å². The van der Waals surface area contributed by atoms with Crippen molar-refractivity contribution in [2.24, 2.45) is 0 Å². The fraction of sp³-hybridized carbons (Fsp3) is 0.619. The highest BCUT2D eigenvalue weighted by atomic mass is 16.5. The molecule has 2 saturated heterocycles. The van der Waals surface area contributed by atoms with Gasteiger partial charge in [0.15, 0.2) is 18.1 Å². The molecule has 1 aromatic carbocycles. The van der Waals surface area contributed by atoms with Crippen molar-refractivity contribution in [2.75, 3.05) is 33.9 Å². The molecule has 1 aromatic rings. The molecule has 2 amide bonds. The van der Waals surface area contributed by atoms with Gasteiger partial charge in [0.25, 0.3) is 5.91 Å². The number of nitrogens with zero attached hydrogens (tertiary/aromatic N) is 2. The average Bonchev–Trinajstić information content (AvgIpc) is 2.69. The zero-order valence-corrected chi connectivity index (χ0v) is 17.2. The van der Waals surface area contributed by atoms with E-state index in [1.807, 2.05) is 9.80 Å². The van der Waals surface area contributed by atoms with E-state index in [0.717, 1.165) is 32.2 Å². The Morgan fingerprint density at radius 1 is 1.14 bits per heavy atom. The number of para-hydroxylation sites is 1. The maximum atomic E-state index is 13.1. The molecule has 7 nitrogen and oxygen atoms in total. The summed E-state index contributed by atoms with van der Waals surface area (Å²) >= 11 is 0. The summed E-state index contributed by atoms with van der Waals surface area (Å²) in [5, 5.41) is 0. The van der Waals surface area contributed by atoms with E-state index in [4.69, 9.17) is 14.2 Å². The van der Waals surface area contributed by atoms with Crippen LogP contribution in [0.5, 0.6) is 17.2 Å². The van der Waals surface area contributed by atoms with E-state index in [2.05, 4.69) is 6.92 Å². The Bertz CT molecular complexity index is 715. The van der Waals surface area contributed by atoms with Gasteiger partial charge in [-0.2, -0.15) is 0 Å². The molecule has 0 unspecified atom stereocenters. The monoisotopic (exact) mass is 390 g/mol. The SMILES string of the molecule is COc1cccc(OC)c1OCC(=O)N1CCC[C@@]2(C)[C@H]1CCCN2C(C)=O. The van der Waals surface area contributed by atoms with Crippen molar-refractivity contribution in [2.45, 2.75) is 51.1 Å². The standard InChI is InChI=1S/C21H30N2O5/c1-15(24)23-13-6-10-18-21(23,2)11-7-12-22(18)19(25)14-28-20-16(26-3)8-5-9-17(20)27-4/h5,8-9,18H,6-7,10-14H2,1-4H3/t18-,21+/m1/s1. The topological polar surface area (TPSA) is 68.3 Å². The molecule has 2 atom stereocenters. The lowest BCUT2D eigenvalue weighted by Crippen LogP contribution is -2.68. The Balaban J connectivity index is 1.75. The Kier molecular flexibility index (Phi) is 6.01. The van der Waals surface area contributed by atoms with Crippen LogP contribution in [0.2, 0.25) is 0 Å². The van der Waals surface area contributed by atoms with Gasteiger partial charge in [0.1, 0.15) is 0 Å². The van der Waals surface area contributed by atoms with Gasteiger partial charge in [0, 0.05) is 20.0 Å². The number of piperidine rings is 2. The van der Waals surface area contributed by atoms with E-state index in [9.17, 15) is 9.59 Å². The van der Waals surface area contributed by atoms with Gasteiger partial charge in [0.2, 0.25) is 11.7 Å². The molecule has 0 radical (unpaired) electrons. The van der Waals surface area contributed by atoms with Gasteiger partial charge < -0.3 is 24.0 Å². The summed E-state index contributed by atoms with van der Waals surface area (Å²) in [5.41, 5.74) is -0.305. The summed E-state index contributed by atoms with van der Waals surface area (Å²) in [6.07, 6.45) is 3.61. The highest BCUT2D eigenvalue weighted by Crippen LogP contribution is 2.40. The zero-order chi connectivity index (χ0) is 20.3. The van der Waals surface area contributed by atoms with E-state index in [0.29, 0.717) is 23.8 Å². The summed E-state index contributed by atoms with van der Waals surface area (Å²) in [4.78, 5) is 29.1. The maximum absolute atomic E-state index is 13.1. The molecule has 2 fully saturated rings. The highest BCUT2D eigenvalue weighted by Gasteiger charge is 2.49. The molecule has 2 aliphatic heterocycles. The van der Waals surface area contributed by atoms with Crippen LogP contribution in [0.4, 0.5) is 0 Å². The molecule has 2 aliphatic rings. The lowest BCUT2D eigenvalue weighted by molar-refractivity contribution is -0.155. The highest BCUT2D eigenvalue weighted by molar-refractivity contribution is 5.79. The van der Waals surface area contributed by atoms with Gasteiger partial charge in [0.05, 0.1) is 25.8 Å². The smallest absolute Gasteiger partial charge is 0.260 e. The van der Waals surface area contributed by atoms with Crippen LogP contribution in [0.15, 0.2) is 18.2 Å². The largest absolute Gasteiger partial charge is 0.493 e. The molecular formula is C21H30N2O5. The van der Waals surface area contributed by atoms with Crippen molar-refractivity contribution < 1.29 is 23.8 Å². The summed E-state index contributed by atoms with van der Waals surface area (Å²) < 4.78 is 16.5. The third-order valence-corrected chi connectivity index (χ3v) is 6.07.